The van der Waals surface area contributed by atoms with E-state index in [-0.39, 0.29) is 18.2 Å². The van der Waals surface area contributed by atoms with Crippen LogP contribution < -0.4 is 43.8 Å². The SMILES string of the molecule is COc1cc(C2NC(=O)c3cc(C)ccc3N2)ccc1OCCCCCCCOc1cc(C2CC(c3cc(OC)c(OC)c(OC)c3)=NO2)ccc1OC. The van der Waals surface area contributed by atoms with Gasteiger partial charge in [0.25, 0.3) is 5.91 Å². The second kappa shape index (κ2) is 17.8. The third-order valence-electron chi connectivity index (χ3n) is 9.55. The van der Waals surface area contributed by atoms with Crippen LogP contribution in [-0.2, 0) is 4.84 Å². The van der Waals surface area contributed by atoms with Crippen LogP contribution in [0.15, 0.2) is 71.9 Å². The molecular weight excluding hydrogens is 690 g/mol. The molecule has 2 atom stereocenters. The van der Waals surface area contributed by atoms with Crippen molar-refractivity contribution in [3.63, 3.8) is 0 Å². The summed E-state index contributed by atoms with van der Waals surface area (Å²) < 4.78 is 40.0. The van der Waals surface area contributed by atoms with Crippen LogP contribution in [0, 0.1) is 6.92 Å². The van der Waals surface area contributed by atoms with E-state index in [1.165, 1.54) is 0 Å². The van der Waals surface area contributed by atoms with E-state index in [1.54, 1.807) is 35.5 Å². The summed E-state index contributed by atoms with van der Waals surface area (Å²) in [4.78, 5) is 18.6. The molecule has 1 amide bonds. The van der Waals surface area contributed by atoms with Crippen LogP contribution in [0.4, 0.5) is 5.69 Å². The standard InChI is InChI=1S/C42H49N3O9/c1-26-12-15-31-30(20-26)42(46)44-41(43-31)28-14-17-34(36(22-28)48-3)52-18-10-8-7-9-11-19-53-37-21-27(13-16-33(37)47-2)35-25-32(45-54-35)29-23-38(49-4)40(51-6)39(24-29)50-5/h12-17,20-24,35,41,43H,7-11,18-19,25H2,1-6H3,(H,44,46). The Hall–Kier alpha value is -5.78. The third kappa shape index (κ3) is 8.70. The molecule has 0 saturated heterocycles. The second-order valence-electron chi connectivity index (χ2n) is 13.1. The molecular formula is C42H49N3O9. The van der Waals surface area contributed by atoms with Crippen LogP contribution in [0.1, 0.15) is 83.4 Å². The normalized spacial score (nSPS) is 15.9. The Balaban J connectivity index is 0.924. The number of carbonyl (C=O) groups excluding carboxylic acids is 1. The molecule has 4 aromatic carbocycles. The fourth-order valence-electron chi connectivity index (χ4n) is 6.60. The highest BCUT2D eigenvalue weighted by Crippen LogP contribution is 2.41. The number of hydrogen-bond donors (Lipinski definition) is 2. The number of methoxy groups -OCH3 is 5. The average Bonchev–Trinajstić information content (AvgIpc) is 3.70. The van der Waals surface area contributed by atoms with Gasteiger partial charge in [-0.3, -0.25) is 4.79 Å². The van der Waals surface area contributed by atoms with E-state index in [4.69, 9.17) is 38.0 Å². The molecule has 12 heteroatoms. The highest BCUT2D eigenvalue weighted by atomic mass is 16.6. The van der Waals surface area contributed by atoms with Gasteiger partial charge in [-0.25, -0.2) is 0 Å². The van der Waals surface area contributed by atoms with Gasteiger partial charge in [0.1, 0.15) is 6.17 Å². The number of nitrogens with one attached hydrogen (secondary N) is 2. The lowest BCUT2D eigenvalue weighted by Crippen LogP contribution is -2.38. The quantitative estimate of drug-likeness (QED) is 0.0966. The van der Waals surface area contributed by atoms with E-state index in [0.29, 0.717) is 65.4 Å². The van der Waals surface area contributed by atoms with Crippen LogP contribution in [0.5, 0.6) is 40.2 Å². The summed E-state index contributed by atoms with van der Waals surface area (Å²) in [6, 6.07) is 21.2. The number of fused-ring (bicyclic) bond motifs is 1. The zero-order chi connectivity index (χ0) is 38.0. The molecule has 2 aliphatic heterocycles. The molecule has 54 heavy (non-hydrogen) atoms. The minimum Gasteiger partial charge on any atom is -0.493 e. The predicted molar refractivity (Wildman–Crippen MR) is 206 cm³/mol. The fraction of sp³-hybridized carbons (Fsp3) is 0.381. The molecule has 0 aromatic heterocycles. The maximum atomic E-state index is 12.7. The summed E-state index contributed by atoms with van der Waals surface area (Å²) in [5.41, 5.74) is 5.94. The van der Waals surface area contributed by atoms with Gasteiger partial charge < -0.3 is 48.6 Å². The van der Waals surface area contributed by atoms with Crippen molar-refractivity contribution in [2.24, 2.45) is 5.16 Å². The number of anilines is 1. The van der Waals surface area contributed by atoms with Crippen molar-refractivity contribution in [3.05, 3.63) is 94.5 Å². The number of carbonyl (C=O) groups is 1. The van der Waals surface area contributed by atoms with E-state index < -0.39 is 0 Å². The lowest BCUT2D eigenvalue weighted by Gasteiger charge is -2.28. The van der Waals surface area contributed by atoms with Crippen LogP contribution >= 0.6 is 0 Å². The predicted octanol–water partition coefficient (Wildman–Crippen LogP) is 8.17. The van der Waals surface area contributed by atoms with Gasteiger partial charge in [0.05, 0.1) is 60.0 Å². The molecule has 0 spiro atoms. The number of benzene rings is 4. The second-order valence-corrected chi connectivity index (χ2v) is 13.1. The molecule has 0 bridgehead atoms. The topological polar surface area (TPSA) is 127 Å². The Labute approximate surface area is 316 Å². The smallest absolute Gasteiger partial charge is 0.255 e. The number of aryl methyl sites for hydroxylation is 1. The van der Waals surface area contributed by atoms with Crippen LogP contribution in [0.3, 0.4) is 0 Å². The zero-order valence-electron chi connectivity index (χ0n) is 31.8. The first kappa shape index (κ1) is 38.0. The number of nitrogens with zero attached hydrogens (tertiary/aromatic N) is 1. The first-order valence-corrected chi connectivity index (χ1v) is 18.2. The molecule has 0 saturated carbocycles. The van der Waals surface area contributed by atoms with Crippen molar-refractivity contribution in [1.29, 1.82) is 0 Å². The number of amides is 1. The number of rotatable bonds is 18. The van der Waals surface area contributed by atoms with Gasteiger partial charge in [0.2, 0.25) is 5.75 Å². The van der Waals surface area contributed by atoms with Gasteiger partial charge in [0, 0.05) is 17.7 Å². The minimum absolute atomic E-state index is 0.105. The molecule has 6 rings (SSSR count). The van der Waals surface area contributed by atoms with Gasteiger partial charge in [-0.2, -0.15) is 0 Å². The van der Waals surface area contributed by atoms with Crippen LogP contribution in [-0.4, -0.2) is 60.4 Å². The molecule has 4 aromatic rings. The summed E-state index contributed by atoms with van der Waals surface area (Å²) in [6.45, 7) is 3.12. The van der Waals surface area contributed by atoms with Gasteiger partial charge in [-0.1, -0.05) is 48.2 Å². The number of ether oxygens (including phenoxy) is 7. The summed E-state index contributed by atoms with van der Waals surface area (Å²) >= 11 is 0. The minimum atomic E-state index is -0.365. The van der Waals surface area contributed by atoms with Gasteiger partial charge in [0.15, 0.2) is 40.6 Å². The van der Waals surface area contributed by atoms with Gasteiger partial charge in [-0.05, 0) is 79.4 Å². The lowest BCUT2D eigenvalue weighted by atomic mass is 9.99. The Morgan fingerprint density at radius 1 is 0.648 bits per heavy atom. The number of oxime groups is 1. The Bertz CT molecular complexity index is 1940. The third-order valence-corrected chi connectivity index (χ3v) is 9.55. The number of hydrogen-bond acceptors (Lipinski definition) is 11. The summed E-state index contributed by atoms with van der Waals surface area (Å²) in [7, 11) is 8.01. The maximum Gasteiger partial charge on any atom is 0.255 e. The van der Waals surface area contributed by atoms with E-state index in [9.17, 15) is 4.79 Å². The fourth-order valence-corrected chi connectivity index (χ4v) is 6.60. The number of unbranched alkanes of at least 4 members (excludes halogenated alkanes) is 4. The molecule has 0 fully saturated rings. The molecule has 0 radical (unpaired) electrons. The van der Waals surface area contributed by atoms with E-state index in [0.717, 1.165) is 65.8 Å². The molecule has 2 heterocycles. The monoisotopic (exact) mass is 739 g/mol. The molecule has 12 nitrogen and oxygen atoms in total. The van der Waals surface area contributed by atoms with E-state index in [2.05, 4.69) is 15.8 Å². The van der Waals surface area contributed by atoms with E-state index in [1.807, 2.05) is 73.7 Å². The van der Waals surface area contributed by atoms with Crippen molar-refractivity contribution < 1.29 is 42.8 Å². The van der Waals surface area contributed by atoms with Crippen molar-refractivity contribution >= 4 is 17.3 Å². The summed E-state index contributed by atoms with van der Waals surface area (Å²) in [5.74, 6) is 4.18. The Kier molecular flexibility index (Phi) is 12.5. The van der Waals surface area contributed by atoms with Crippen molar-refractivity contribution in [1.82, 2.24) is 5.32 Å². The largest absolute Gasteiger partial charge is 0.493 e. The molecule has 2 N–H and O–H groups in total. The highest BCUT2D eigenvalue weighted by Gasteiger charge is 2.28. The van der Waals surface area contributed by atoms with Gasteiger partial charge in [-0.15, -0.1) is 0 Å². The van der Waals surface area contributed by atoms with E-state index >= 15 is 0 Å². The summed E-state index contributed by atoms with van der Waals surface area (Å²) in [6.07, 6.45) is 4.88. The van der Waals surface area contributed by atoms with Crippen LogP contribution in [0.2, 0.25) is 0 Å². The zero-order valence-corrected chi connectivity index (χ0v) is 31.8. The lowest BCUT2D eigenvalue weighted by molar-refractivity contribution is 0.0854. The summed E-state index contributed by atoms with van der Waals surface area (Å²) in [5, 5.41) is 10.8. The molecule has 2 unspecified atom stereocenters. The van der Waals surface area contributed by atoms with Crippen molar-refractivity contribution in [2.45, 2.75) is 57.7 Å². The van der Waals surface area contributed by atoms with Crippen molar-refractivity contribution in [3.8, 4) is 40.2 Å². The van der Waals surface area contributed by atoms with Gasteiger partial charge >= 0.3 is 0 Å². The maximum absolute atomic E-state index is 12.7. The van der Waals surface area contributed by atoms with Crippen molar-refractivity contribution in [2.75, 3.05) is 54.1 Å². The Morgan fingerprint density at radius 2 is 1.28 bits per heavy atom. The molecule has 286 valence electrons. The van der Waals surface area contributed by atoms with Crippen LogP contribution in [0.25, 0.3) is 0 Å². The Morgan fingerprint density at radius 3 is 1.96 bits per heavy atom. The first-order chi connectivity index (χ1) is 26.3. The first-order valence-electron chi connectivity index (χ1n) is 18.2. The molecule has 0 aliphatic carbocycles. The highest BCUT2D eigenvalue weighted by molar-refractivity contribution is 6.03. The average molecular weight is 740 g/mol. The molecule has 2 aliphatic rings.